The van der Waals surface area contributed by atoms with Crippen molar-refractivity contribution in [3.63, 3.8) is 0 Å². The second-order valence-corrected chi connectivity index (χ2v) is 5.47. The van der Waals surface area contributed by atoms with Gasteiger partial charge in [0.05, 0.1) is 6.61 Å². The van der Waals surface area contributed by atoms with Crippen molar-refractivity contribution in [3.05, 3.63) is 65.7 Å². The van der Waals surface area contributed by atoms with Gasteiger partial charge in [-0.1, -0.05) is 42.5 Å². The van der Waals surface area contributed by atoms with E-state index in [4.69, 9.17) is 5.11 Å². The van der Waals surface area contributed by atoms with Crippen LogP contribution in [-0.2, 0) is 13.2 Å². The van der Waals surface area contributed by atoms with E-state index in [9.17, 15) is 0 Å². The monoisotopic (exact) mass is 284 g/mol. The molecule has 3 heteroatoms. The zero-order valence-electron chi connectivity index (χ0n) is 12.9. The first-order valence-corrected chi connectivity index (χ1v) is 7.32. The summed E-state index contributed by atoms with van der Waals surface area (Å²) in [5.41, 5.74) is 3.49. The van der Waals surface area contributed by atoms with Crippen LogP contribution in [0, 0.1) is 0 Å². The SMILES string of the molecule is CN(CCN(C)c1ccccc1)Cc1ccc(CO)cc1. The van der Waals surface area contributed by atoms with Crippen LogP contribution in [0.5, 0.6) is 0 Å². The zero-order chi connectivity index (χ0) is 15.1. The Morgan fingerprint density at radius 2 is 1.43 bits per heavy atom. The molecule has 21 heavy (non-hydrogen) atoms. The lowest BCUT2D eigenvalue weighted by molar-refractivity contribution is 0.281. The summed E-state index contributed by atoms with van der Waals surface area (Å²) in [5.74, 6) is 0. The molecule has 0 heterocycles. The summed E-state index contributed by atoms with van der Waals surface area (Å²) in [5, 5.41) is 9.05. The second kappa shape index (κ2) is 7.81. The molecule has 0 aliphatic rings. The molecular formula is C18H24N2O. The van der Waals surface area contributed by atoms with Gasteiger partial charge in [-0.05, 0) is 30.3 Å². The van der Waals surface area contributed by atoms with E-state index in [2.05, 4.69) is 60.3 Å². The molecule has 2 rings (SSSR count). The van der Waals surface area contributed by atoms with Crippen LogP contribution in [0.4, 0.5) is 5.69 Å². The number of benzene rings is 2. The maximum atomic E-state index is 9.05. The van der Waals surface area contributed by atoms with Gasteiger partial charge >= 0.3 is 0 Å². The van der Waals surface area contributed by atoms with E-state index >= 15 is 0 Å². The summed E-state index contributed by atoms with van der Waals surface area (Å²) >= 11 is 0. The van der Waals surface area contributed by atoms with Crippen molar-refractivity contribution in [3.8, 4) is 0 Å². The molecule has 0 aliphatic heterocycles. The number of para-hydroxylation sites is 1. The van der Waals surface area contributed by atoms with Gasteiger partial charge in [-0.3, -0.25) is 0 Å². The highest BCUT2D eigenvalue weighted by Crippen LogP contribution is 2.11. The van der Waals surface area contributed by atoms with Crippen LogP contribution in [0.15, 0.2) is 54.6 Å². The molecule has 2 aromatic carbocycles. The maximum absolute atomic E-state index is 9.05. The van der Waals surface area contributed by atoms with Gasteiger partial charge in [-0.25, -0.2) is 0 Å². The molecule has 0 bridgehead atoms. The molecule has 0 spiro atoms. The number of hydrogen-bond acceptors (Lipinski definition) is 3. The van der Waals surface area contributed by atoms with Crippen LogP contribution in [-0.4, -0.2) is 37.2 Å². The minimum Gasteiger partial charge on any atom is -0.392 e. The number of rotatable bonds is 7. The van der Waals surface area contributed by atoms with E-state index in [-0.39, 0.29) is 6.61 Å². The summed E-state index contributed by atoms with van der Waals surface area (Å²) < 4.78 is 0. The summed E-state index contributed by atoms with van der Waals surface area (Å²) in [6, 6.07) is 18.6. The Bertz CT molecular complexity index is 525. The largest absolute Gasteiger partial charge is 0.392 e. The average Bonchev–Trinajstić information content (AvgIpc) is 2.54. The van der Waals surface area contributed by atoms with Crippen LogP contribution in [0.1, 0.15) is 11.1 Å². The number of anilines is 1. The fourth-order valence-corrected chi connectivity index (χ4v) is 2.27. The molecule has 0 radical (unpaired) electrons. The third-order valence-corrected chi connectivity index (χ3v) is 3.67. The van der Waals surface area contributed by atoms with E-state index in [0.717, 1.165) is 25.2 Å². The van der Waals surface area contributed by atoms with Gasteiger partial charge in [0.15, 0.2) is 0 Å². The molecule has 0 unspecified atom stereocenters. The van der Waals surface area contributed by atoms with Crippen LogP contribution in [0.3, 0.4) is 0 Å². The molecule has 0 saturated heterocycles. The molecule has 0 amide bonds. The van der Waals surface area contributed by atoms with Gasteiger partial charge in [-0.15, -0.1) is 0 Å². The predicted molar refractivity (Wildman–Crippen MR) is 88.4 cm³/mol. The van der Waals surface area contributed by atoms with Crippen molar-refractivity contribution in [2.24, 2.45) is 0 Å². The van der Waals surface area contributed by atoms with Gasteiger partial charge in [-0.2, -0.15) is 0 Å². The van der Waals surface area contributed by atoms with Crippen LogP contribution in [0.2, 0.25) is 0 Å². The molecule has 0 saturated carbocycles. The Labute approximate surface area is 127 Å². The molecular weight excluding hydrogens is 260 g/mol. The summed E-state index contributed by atoms with van der Waals surface area (Å²) in [6.07, 6.45) is 0. The minimum absolute atomic E-state index is 0.109. The Kier molecular flexibility index (Phi) is 5.78. The van der Waals surface area contributed by atoms with Gasteiger partial charge in [0.25, 0.3) is 0 Å². The lowest BCUT2D eigenvalue weighted by Crippen LogP contribution is -2.30. The van der Waals surface area contributed by atoms with E-state index in [1.165, 1.54) is 11.3 Å². The number of nitrogens with zero attached hydrogens (tertiary/aromatic N) is 2. The van der Waals surface area contributed by atoms with Gasteiger partial charge in [0, 0.05) is 32.4 Å². The Morgan fingerprint density at radius 1 is 0.810 bits per heavy atom. The predicted octanol–water partition coefficient (Wildman–Crippen LogP) is 2.75. The van der Waals surface area contributed by atoms with Crippen molar-refractivity contribution in [2.75, 3.05) is 32.1 Å². The first kappa shape index (κ1) is 15.5. The van der Waals surface area contributed by atoms with Gasteiger partial charge in [0.2, 0.25) is 0 Å². The van der Waals surface area contributed by atoms with Crippen molar-refractivity contribution in [2.45, 2.75) is 13.2 Å². The summed E-state index contributed by atoms with van der Waals surface area (Å²) in [4.78, 5) is 4.58. The molecule has 0 fully saturated rings. The molecule has 0 aliphatic carbocycles. The highest BCUT2D eigenvalue weighted by molar-refractivity contribution is 5.44. The molecule has 112 valence electrons. The smallest absolute Gasteiger partial charge is 0.0681 e. The lowest BCUT2D eigenvalue weighted by atomic mass is 10.1. The quantitative estimate of drug-likeness (QED) is 0.847. The standard InChI is InChI=1S/C18H24N2O/c1-19(14-16-8-10-17(15-21)11-9-16)12-13-20(2)18-6-4-3-5-7-18/h3-11,21H,12-15H2,1-2H3. The Hall–Kier alpha value is -1.84. The first-order valence-electron chi connectivity index (χ1n) is 7.32. The van der Waals surface area contributed by atoms with E-state index < -0.39 is 0 Å². The molecule has 3 nitrogen and oxygen atoms in total. The van der Waals surface area contributed by atoms with Crippen molar-refractivity contribution < 1.29 is 5.11 Å². The minimum atomic E-state index is 0.109. The van der Waals surface area contributed by atoms with Crippen molar-refractivity contribution in [1.82, 2.24) is 4.90 Å². The molecule has 0 atom stereocenters. The fourth-order valence-electron chi connectivity index (χ4n) is 2.27. The maximum Gasteiger partial charge on any atom is 0.0681 e. The van der Waals surface area contributed by atoms with E-state index in [0.29, 0.717) is 0 Å². The first-order chi connectivity index (χ1) is 10.2. The second-order valence-electron chi connectivity index (χ2n) is 5.47. The van der Waals surface area contributed by atoms with Crippen molar-refractivity contribution >= 4 is 5.69 Å². The van der Waals surface area contributed by atoms with E-state index in [1.54, 1.807) is 0 Å². The Balaban J connectivity index is 1.80. The number of aliphatic hydroxyl groups excluding tert-OH is 1. The fraction of sp³-hybridized carbons (Fsp3) is 0.333. The third kappa shape index (κ3) is 4.88. The number of hydrogen-bond donors (Lipinski definition) is 1. The Morgan fingerprint density at radius 3 is 2.05 bits per heavy atom. The van der Waals surface area contributed by atoms with Gasteiger partial charge in [0.1, 0.15) is 0 Å². The lowest BCUT2D eigenvalue weighted by Gasteiger charge is -2.23. The number of aliphatic hydroxyl groups is 1. The molecule has 2 aromatic rings. The van der Waals surface area contributed by atoms with Gasteiger partial charge < -0.3 is 14.9 Å². The summed E-state index contributed by atoms with van der Waals surface area (Å²) in [7, 11) is 4.26. The van der Waals surface area contributed by atoms with Crippen molar-refractivity contribution in [1.29, 1.82) is 0 Å². The molecule has 1 N–H and O–H groups in total. The zero-order valence-corrected chi connectivity index (χ0v) is 12.9. The normalized spacial score (nSPS) is 10.9. The van der Waals surface area contributed by atoms with Crippen LogP contribution in [0.25, 0.3) is 0 Å². The highest BCUT2D eigenvalue weighted by atomic mass is 16.3. The third-order valence-electron chi connectivity index (χ3n) is 3.67. The van der Waals surface area contributed by atoms with Crippen LogP contribution >= 0.6 is 0 Å². The van der Waals surface area contributed by atoms with Crippen LogP contribution < -0.4 is 4.90 Å². The number of likely N-dealkylation sites (N-methyl/N-ethyl adjacent to an activating group) is 2. The van der Waals surface area contributed by atoms with E-state index in [1.807, 2.05) is 18.2 Å². The highest BCUT2D eigenvalue weighted by Gasteiger charge is 2.04. The average molecular weight is 284 g/mol. The molecule has 0 aromatic heterocycles. The summed E-state index contributed by atoms with van der Waals surface area (Å²) in [6.45, 7) is 3.04. The topological polar surface area (TPSA) is 26.7 Å².